The van der Waals surface area contributed by atoms with Gasteiger partial charge in [-0.1, -0.05) is 35.9 Å². The van der Waals surface area contributed by atoms with Crippen molar-refractivity contribution in [3.63, 3.8) is 0 Å². The van der Waals surface area contributed by atoms with Crippen LogP contribution in [0.2, 0.25) is 4.34 Å². The summed E-state index contributed by atoms with van der Waals surface area (Å²) < 4.78 is 0.542. The van der Waals surface area contributed by atoms with Gasteiger partial charge in [0, 0.05) is 29.3 Å². The molecule has 0 atom stereocenters. The lowest BCUT2D eigenvalue weighted by Gasteiger charge is -2.35. The van der Waals surface area contributed by atoms with Crippen molar-refractivity contribution in [3.8, 4) is 0 Å². The number of carbonyl (C=O) groups excluding carboxylic acids is 1. The molecule has 1 aliphatic rings. The number of hydrogen-bond acceptors (Lipinski definition) is 3. The summed E-state index contributed by atoms with van der Waals surface area (Å²) >= 11 is 12.1. The Morgan fingerprint density at radius 1 is 1.26 bits per heavy atom. The van der Waals surface area contributed by atoms with E-state index in [0.29, 0.717) is 9.90 Å². The molecule has 0 amide bonds. The van der Waals surface area contributed by atoms with E-state index in [9.17, 15) is 4.79 Å². The van der Waals surface area contributed by atoms with E-state index < -0.39 is 0 Å². The second-order valence-electron chi connectivity index (χ2n) is 5.87. The van der Waals surface area contributed by atoms with Crippen molar-refractivity contribution in [1.82, 2.24) is 5.32 Å². The molecule has 2 heterocycles. The number of carbonyl (C=O) groups is 1. The predicted octanol–water partition coefficient (Wildman–Crippen LogP) is 5.40. The summed E-state index contributed by atoms with van der Waals surface area (Å²) in [7, 11) is 0. The zero-order valence-electron chi connectivity index (χ0n) is 13.3. The van der Waals surface area contributed by atoms with Gasteiger partial charge in [-0.2, -0.15) is 0 Å². The number of benzene rings is 1. The number of alkyl halides is 1. The Hall–Kier alpha value is -1.29. The van der Waals surface area contributed by atoms with E-state index in [4.69, 9.17) is 11.6 Å². The van der Waals surface area contributed by atoms with Gasteiger partial charge in [0.15, 0.2) is 5.78 Å². The van der Waals surface area contributed by atoms with Gasteiger partial charge in [-0.3, -0.25) is 4.79 Å². The molecule has 0 bridgehead atoms. The topological polar surface area (TPSA) is 29.1 Å². The van der Waals surface area contributed by atoms with Gasteiger partial charge in [0.1, 0.15) is 4.34 Å². The van der Waals surface area contributed by atoms with Crippen LogP contribution >= 0.6 is 34.5 Å². The highest BCUT2D eigenvalue weighted by Gasteiger charge is 2.27. The fraction of sp³-hybridized carbons (Fsp3) is 0.278. The molecule has 0 aliphatic carbocycles. The smallest absolute Gasteiger partial charge is 0.190 e. The molecule has 1 aromatic carbocycles. The van der Waals surface area contributed by atoms with Crippen molar-refractivity contribution in [2.75, 3.05) is 6.38 Å². The fourth-order valence-corrected chi connectivity index (χ4v) is 3.61. The summed E-state index contributed by atoms with van der Waals surface area (Å²) in [6.07, 6.45) is 4.07. The number of ketones is 1. The molecule has 1 N–H and O–H groups in total. The molecule has 1 aromatic heterocycles. The molecule has 0 spiro atoms. The highest BCUT2D eigenvalue weighted by atomic mass is 35.5. The first-order valence-corrected chi connectivity index (χ1v) is 9.21. The summed E-state index contributed by atoms with van der Waals surface area (Å²) in [5.74, 6) is -0.0590. The van der Waals surface area contributed by atoms with Gasteiger partial charge in [-0.25, -0.2) is 0 Å². The third-order valence-electron chi connectivity index (χ3n) is 3.57. The zero-order valence-corrected chi connectivity index (χ0v) is 15.6. The molecule has 23 heavy (non-hydrogen) atoms. The Kier molecular flexibility index (Phi) is 5.90. The first kappa shape index (κ1) is 18.1. The lowest BCUT2D eigenvalue weighted by molar-refractivity contribution is 0.104. The van der Waals surface area contributed by atoms with Crippen LogP contribution in [0, 0.1) is 0 Å². The van der Waals surface area contributed by atoms with Crippen LogP contribution in [0.5, 0.6) is 0 Å². The van der Waals surface area contributed by atoms with Crippen LogP contribution in [0.15, 0.2) is 41.8 Å². The van der Waals surface area contributed by atoms with Crippen molar-refractivity contribution in [2.24, 2.45) is 0 Å². The Labute approximate surface area is 151 Å². The van der Waals surface area contributed by atoms with Gasteiger partial charge in [0.05, 0.1) is 5.56 Å². The van der Waals surface area contributed by atoms with E-state index in [0.717, 1.165) is 17.7 Å². The summed E-state index contributed by atoms with van der Waals surface area (Å²) in [5, 5.41) is 5.30. The minimum absolute atomic E-state index is 0.0590. The van der Waals surface area contributed by atoms with Gasteiger partial charge >= 0.3 is 0 Å². The average Bonchev–Trinajstić information content (AvgIpc) is 2.94. The average molecular weight is 368 g/mol. The predicted molar refractivity (Wildman–Crippen MR) is 101 cm³/mol. The van der Waals surface area contributed by atoms with E-state index in [-0.39, 0.29) is 11.3 Å². The Bertz CT molecular complexity index is 734. The lowest BCUT2D eigenvalue weighted by atomic mass is 9.85. The Morgan fingerprint density at radius 3 is 2.61 bits per heavy atom. The highest BCUT2D eigenvalue weighted by molar-refractivity contribution is 7.14. The van der Waals surface area contributed by atoms with E-state index >= 15 is 0 Å². The van der Waals surface area contributed by atoms with E-state index in [1.807, 2.05) is 23.6 Å². The van der Waals surface area contributed by atoms with Crippen LogP contribution in [0.1, 0.15) is 35.3 Å². The van der Waals surface area contributed by atoms with E-state index in [1.165, 1.54) is 23.3 Å². The molecule has 0 saturated heterocycles. The lowest BCUT2D eigenvalue weighted by Crippen LogP contribution is -2.43. The number of halogens is 2. The summed E-state index contributed by atoms with van der Waals surface area (Å²) in [4.78, 5) is 12.4. The van der Waals surface area contributed by atoms with Gasteiger partial charge in [-0.05, 0) is 37.3 Å². The first-order valence-electron chi connectivity index (χ1n) is 7.19. The van der Waals surface area contributed by atoms with Crippen molar-refractivity contribution in [2.45, 2.75) is 25.8 Å². The molecule has 0 saturated carbocycles. The van der Waals surface area contributed by atoms with Crippen LogP contribution in [0.3, 0.4) is 0 Å². The highest BCUT2D eigenvalue weighted by Crippen LogP contribution is 2.30. The molecular formula is C18H19Cl2NOS. The molecule has 0 unspecified atom stereocenters. The van der Waals surface area contributed by atoms with Crippen LogP contribution in [0.25, 0.3) is 5.70 Å². The monoisotopic (exact) mass is 367 g/mol. The first-order chi connectivity index (χ1) is 11.0. The minimum Gasteiger partial charge on any atom is -0.379 e. The molecule has 0 radical (unpaired) electrons. The molecule has 2 aromatic rings. The maximum absolute atomic E-state index is 12.4. The number of thiophene rings is 1. The van der Waals surface area contributed by atoms with Gasteiger partial charge in [0.25, 0.3) is 0 Å². The van der Waals surface area contributed by atoms with Crippen LogP contribution in [0.4, 0.5) is 0 Å². The minimum atomic E-state index is -0.0705. The van der Waals surface area contributed by atoms with Crippen molar-refractivity contribution in [3.05, 3.63) is 62.8 Å². The Balaban J connectivity index is 0.000000924. The molecule has 3 rings (SSSR count). The second-order valence-corrected chi connectivity index (χ2v) is 7.39. The molecule has 122 valence electrons. The van der Waals surface area contributed by atoms with Crippen molar-refractivity contribution >= 4 is 46.0 Å². The van der Waals surface area contributed by atoms with Crippen molar-refractivity contribution in [1.29, 1.82) is 0 Å². The third-order valence-corrected chi connectivity index (χ3v) is 4.74. The largest absolute Gasteiger partial charge is 0.379 e. The molecule has 2 nitrogen and oxygen atoms in total. The van der Waals surface area contributed by atoms with Crippen LogP contribution < -0.4 is 5.32 Å². The molecule has 5 heteroatoms. The van der Waals surface area contributed by atoms with Gasteiger partial charge < -0.3 is 5.32 Å². The zero-order chi connectivity index (χ0) is 17.0. The third kappa shape index (κ3) is 4.17. The standard InChI is InChI=1S/C17H16ClNOS.CH3Cl/c1-17(2)10-11-5-3-4-6-12(11)14(19-17)9-15(20)13-7-8-21-16(13)18;1-2/h3-9,19H,10H2,1-2H3;1H3/b14-9-;. The number of nitrogens with one attached hydrogen (secondary N) is 1. The Morgan fingerprint density at radius 2 is 1.96 bits per heavy atom. The summed E-state index contributed by atoms with van der Waals surface area (Å²) in [6, 6.07) is 9.97. The van der Waals surface area contributed by atoms with Gasteiger partial charge in [-0.15, -0.1) is 22.9 Å². The maximum Gasteiger partial charge on any atom is 0.190 e. The summed E-state index contributed by atoms with van der Waals surface area (Å²) in [6.45, 7) is 4.28. The number of rotatable bonds is 2. The number of hydrogen-bond donors (Lipinski definition) is 1. The van der Waals surface area contributed by atoms with Crippen LogP contribution in [-0.2, 0) is 6.42 Å². The maximum atomic E-state index is 12.4. The molecule has 1 aliphatic heterocycles. The van der Waals surface area contributed by atoms with Gasteiger partial charge in [0.2, 0.25) is 0 Å². The molecular weight excluding hydrogens is 349 g/mol. The van der Waals surface area contributed by atoms with E-state index in [1.54, 1.807) is 12.1 Å². The van der Waals surface area contributed by atoms with E-state index in [2.05, 4.69) is 36.8 Å². The second kappa shape index (κ2) is 7.52. The quantitative estimate of drug-likeness (QED) is 0.437. The van der Waals surface area contributed by atoms with Crippen molar-refractivity contribution < 1.29 is 4.79 Å². The number of allylic oxidation sites excluding steroid dienone is 1. The fourth-order valence-electron chi connectivity index (χ4n) is 2.68. The number of fused-ring (bicyclic) bond motifs is 1. The molecule has 0 fully saturated rings. The normalized spacial score (nSPS) is 16.8. The summed E-state index contributed by atoms with van der Waals surface area (Å²) in [5.41, 5.74) is 3.72. The SMILES string of the molecule is CC1(C)Cc2ccccc2/C(=C/C(=O)c2ccsc2Cl)N1.CCl. The van der Waals surface area contributed by atoms with Crippen LogP contribution in [-0.4, -0.2) is 17.7 Å².